The molecule has 5 heteroatoms. The zero-order valence-electron chi connectivity index (χ0n) is 11.4. The van der Waals surface area contributed by atoms with Gasteiger partial charge in [0.25, 0.3) is 0 Å². The Kier molecular flexibility index (Phi) is 5.43. The van der Waals surface area contributed by atoms with Crippen molar-refractivity contribution in [2.45, 2.75) is 13.3 Å². The van der Waals surface area contributed by atoms with Crippen LogP contribution in [0.1, 0.15) is 11.8 Å². The number of amides is 2. The molecule has 0 aliphatic heterocycles. The molecule has 2 aromatic rings. The van der Waals surface area contributed by atoms with Crippen LogP contribution < -0.4 is 15.4 Å². The highest BCUT2D eigenvalue weighted by Crippen LogP contribution is 2.17. The number of anilines is 1. The lowest BCUT2D eigenvalue weighted by Crippen LogP contribution is -2.30. The van der Waals surface area contributed by atoms with Gasteiger partial charge in [-0.25, -0.2) is 4.79 Å². The van der Waals surface area contributed by atoms with E-state index in [-0.39, 0.29) is 6.03 Å². The molecule has 0 atom stereocenters. The Morgan fingerprint density at radius 3 is 2.95 bits per heavy atom. The van der Waals surface area contributed by atoms with Gasteiger partial charge in [0.15, 0.2) is 0 Å². The molecule has 20 heavy (non-hydrogen) atoms. The number of ether oxygens (including phenoxy) is 1. The molecular formula is C15H18N2O2S. The number of nitrogens with one attached hydrogen (secondary N) is 2. The summed E-state index contributed by atoms with van der Waals surface area (Å²) in [6, 6.07) is 11.2. The Balaban J connectivity index is 1.77. The monoisotopic (exact) mass is 290 g/mol. The molecular weight excluding hydrogens is 272 g/mol. The fourth-order valence-electron chi connectivity index (χ4n) is 1.76. The molecule has 0 bridgehead atoms. The van der Waals surface area contributed by atoms with E-state index in [1.165, 1.54) is 4.88 Å². The molecule has 1 heterocycles. The van der Waals surface area contributed by atoms with E-state index in [0.717, 1.165) is 17.9 Å². The van der Waals surface area contributed by atoms with Gasteiger partial charge in [-0.1, -0.05) is 12.1 Å². The molecule has 2 rings (SSSR count). The van der Waals surface area contributed by atoms with Gasteiger partial charge in [0, 0.05) is 23.2 Å². The van der Waals surface area contributed by atoms with Gasteiger partial charge in [-0.15, -0.1) is 11.3 Å². The number of carbonyl (C=O) groups excluding carboxylic acids is 1. The Bertz CT molecular complexity index is 541. The number of urea groups is 1. The fourth-order valence-corrected chi connectivity index (χ4v) is 2.47. The Labute approximate surface area is 122 Å². The first-order chi connectivity index (χ1) is 9.78. The summed E-state index contributed by atoms with van der Waals surface area (Å²) in [5, 5.41) is 7.67. The predicted octanol–water partition coefficient (Wildman–Crippen LogP) is 3.51. The smallest absolute Gasteiger partial charge is 0.319 e. The first-order valence-corrected chi connectivity index (χ1v) is 7.46. The van der Waals surface area contributed by atoms with Crippen LogP contribution in [0.4, 0.5) is 10.5 Å². The van der Waals surface area contributed by atoms with E-state index in [0.29, 0.717) is 13.2 Å². The minimum atomic E-state index is -0.199. The molecule has 0 aliphatic rings. The molecule has 0 fully saturated rings. The van der Waals surface area contributed by atoms with E-state index in [2.05, 4.69) is 16.7 Å². The summed E-state index contributed by atoms with van der Waals surface area (Å²) in [6.07, 6.45) is 0.851. The SMILES string of the molecule is CCOc1cccc(NC(=O)NCCc2cccs2)c1. The van der Waals surface area contributed by atoms with Crippen LogP contribution in [0.25, 0.3) is 0 Å². The molecule has 4 nitrogen and oxygen atoms in total. The van der Waals surface area contributed by atoms with E-state index in [4.69, 9.17) is 4.74 Å². The van der Waals surface area contributed by atoms with Crippen LogP contribution >= 0.6 is 11.3 Å². The van der Waals surface area contributed by atoms with Gasteiger partial charge < -0.3 is 15.4 Å². The summed E-state index contributed by atoms with van der Waals surface area (Å²) < 4.78 is 5.39. The van der Waals surface area contributed by atoms with Gasteiger partial charge in [-0.2, -0.15) is 0 Å². The van der Waals surface area contributed by atoms with Crippen molar-refractivity contribution >= 4 is 23.1 Å². The summed E-state index contributed by atoms with van der Waals surface area (Å²) >= 11 is 1.70. The fraction of sp³-hybridized carbons (Fsp3) is 0.267. The summed E-state index contributed by atoms with van der Waals surface area (Å²) in [7, 11) is 0. The van der Waals surface area contributed by atoms with Crippen LogP contribution in [-0.4, -0.2) is 19.2 Å². The third-order valence-electron chi connectivity index (χ3n) is 2.64. The maximum absolute atomic E-state index is 11.8. The quantitative estimate of drug-likeness (QED) is 0.855. The lowest BCUT2D eigenvalue weighted by molar-refractivity contribution is 0.252. The van der Waals surface area contributed by atoms with Gasteiger partial charge in [-0.3, -0.25) is 0 Å². The number of benzene rings is 1. The first-order valence-electron chi connectivity index (χ1n) is 6.58. The largest absolute Gasteiger partial charge is 0.494 e. The van der Waals surface area contributed by atoms with Crippen molar-refractivity contribution in [3.8, 4) is 5.75 Å². The van der Waals surface area contributed by atoms with Crippen LogP contribution in [-0.2, 0) is 6.42 Å². The summed E-state index contributed by atoms with van der Waals surface area (Å²) in [6.45, 7) is 3.16. The van der Waals surface area contributed by atoms with E-state index in [9.17, 15) is 4.79 Å². The van der Waals surface area contributed by atoms with Gasteiger partial charge in [0.2, 0.25) is 0 Å². The van der Waals surface area contributed by atoms with Crippen molar-refractivity contribution < 1.29 is 9.53 Å². The third kappa shape index (κ3) is 4.59. The maximum Gasteiger partial charge on any atom is 0.319 e. The summed E-state index contributed by atoms with van der Waals surface area (Å²) in [5.74, 6) is 0.754. The van der Waals surface area contributed by atoms with E-state index in [1.807, 2.05) is 42.6 Å². The first kappa shape index (κ1) is 14.4. The normalized spacial score (nSPS) is 10.1. The molecule has 1 aromatic carbocycles. The molecule has 0 saturated heterocycles. The topological polar surface area (TPSA) is 50.4 Å². The number of thiophene rings is 1. The predicted molar refractivity (Wildman–Crippen MR) is 82.7 cm³/mol. The Hall–Kier alpha value is -2.01. The van der Waals surface area contributed by atoms with Crippen molar-refractivity contribution in [1.82, 2.24) is 5.32 Å². The highest BCUT2D eigenvalue weighted by molar-refractivity contribution is 7.09. The van der Waals surface area contributed by atoms with E-state index >= 15 is 0 Å². The van der Waals surface area contributed by atoms with Crippen molar-refractivity contribution in [3.63, 3.8) is 0 Å². The van der Waals surface area contributed by atoms with Gasteiger partial charge in [0.1, 0.15) is 5.75 Å². The molecule has 0 unspecified atom stereocenters. The van der Waals surface area contributed by atoms with Crippen molar-refractivity contribution in [2.75, 3.05) is 18.5 Å². The molecule has 0 spiro atoms. The van der Waals surface area contributed by atoms with Crippen LogP contribution in [0.15, 0.2) is 41.8 Å². The molecule has 1 aromatic heterocycles. The second-order valence-electron chi connectivity index (χ2n) is 4.17. The standard InChI is InChI=1S/C15H18N2O2S/c1-2-19-13-6-3-5-12(11-13)17-15(18)16-9-8-14-7-4-10-20-14/h3-7,10-11H,2,8-9H2,1H3,(H2,16,17,18). The van der Waals surface area contributed by atoms with Crippen LogP contribution in [0, 0.1) is 0 Å². The second kappa shape index (κ2) is 7.55. The highest BCUT2D eigenvalue weighted by Gasteiger charge is 2.02. The molecule has 0 radical (unpaired) electrons. The molecule has 106 valence electrons. The lowest BCUT2D eigenvalue weighted by Gasteiger charge is -2.09. The molecule has 2 amide bonds. The minimum Gasteiger partial charge on any atom is -0.494 e. The average Bonchev–Trinajstić information content (AvgIpc) is 2.93. The number of rotatable bonds is 6. The van der Waals surface area contributed by atoms with E-state index in [1.54, 1.807) is 11.3 Å². The number of carbonyl (C=O) groups is 1. The van der Waals surface area contributed by atoms with Crippen molar-refractivity contribution in [1.29, 1.82) is 0 Å². The van der Waals surface area contributed by atoms with Crippen molar-refractivity contribution in [2.24, 2.45) is 0 Å². The zero-order chi connectivity index (χ0) is 14.2. The third-order valence-corrected chi connectivity index (χ3v) is 3.58. The Morgan fingerprint density at radius 2 is 2.20 bits per heavy atom. The highest BCUT2D eigenvalue weighted by atomic mass is 32.1. The number of hydrogen-bond acceptors (Lipinski definition) is 3. The summed E-state index contributed by atoms with van der Waals surface area (Å²) in [5.41, 5.74) is 0.726. The number of hydrogen-bond donors (Lipinski definition) is 2. The maximum atomic E-state index is 11.8. The van der Waals surface area contributed by atoms with Crippen LogP contribution in [0.5, 0.6) is 5.75 Å². The lowest BCUT2D eigenvalue weighted by atomic mass is 10.3. The van der Waals surface area contributed by atoms with Crippen molar-refractivity contribution in [3.05, 3.63) is 46.7 Å². The van der Waals surface area contributed by atoms with Gasteiger partial charge in [-0.05, 0) is 36.9 Å². The molecule has 2 N–H and O–H groups in total. The van der Waals surface area contributed by atoms with Gasteiger partial charge >= 0.3 is 6.03 Å². The zero-order valence-corrected chi connectivity index (χ0v) is 12.2. The Morgan fingerprint density at radius 1 is 1.30 bits per heavy atom. The minimum absolute atomic E-state index is 0.199. The van der Waals surface area contributed by atoms with E-state index < -0.39 is 0 Å². The second-order valence-corrected chi connectivity index (χ2v) is 5.20. The van der Waals surface area contributed by atoms with Gasteiger partial charge in [0.05, 0.1) is 6.61 Å². The average molecular weight is 290 g/mol. The molecule has 0 saturated carbocycles. The summed E-state index contributed by atoms with van der Waals surface area (Å²) in [4.78, 5) is 13.0. The van der Waals surface area contributed by atoms with Crippen LogP contribution in [0.2, 0.25) is 0 Å². The molecule has 0 aliphatic carbocycles. The van der Waals surface area contributed by atoms with Crippen LogP contribution in [0.3, 0.4) is 0 Å².